The number of aryl methyl sites for hydroxylation is 1. The fourth-order valence-corrected chi connectivity index (χ4v) is 6.26. The van der Waals surface area contributed by atoms with Gasteiger partial charge in [-0.2, -0.15) is 0 Å². The van der Waals surface area contributed by atoms with E-state index in [1.807, 2.05) is 91.9 Å². The number of rotatable bonds is 21. The summed E-state index contributed by atoms with van der Waals surface area (Å²) in [6.45, 7) is 4.62. The van der Waals surface area contributed by atoms with Crippen LogP contribution in [0.25, 0.3) is 0 Å². The molecule has 302 valence electrons. The molecule has 0 unspecified atom stereocenters. The number of alkyl carbamates (subject to hydrolysis) is 1. The fourth-order valence-electron chi connectivity index (χ4n) is 6.26. The zero-order chi connectivity index (χ0) is 40.6. The summed E-state index contributed by atoms with van der Waals surface area (Å²) < 4.78 is 30.8. The topological polar surface area (TPSA) is 135 Å². The van der Waals surface area contributed by atoms with Crippen molar-refractivity contribution < 1.29 is 37.8 Å². The van der Waals surface area contributed by atoms with Gasteiger partial charge in [-0.3, -0.25) is 9.59 Å². The SMILES string of the molecule is C[C@H](CN[C@H](C(=O)N(C)[C@H](C)C(=O)N[C@H](Cc1ccc(F)cc1)C(=O)OCc1ccccc1)C1CC1)Oc1ccccc1CCCNC(=O)OCc1ccccc1. The number of hydrogen-bond donors (Lipinski definition) is 3. The van der Waals surface area contributed by atoms with Crippen molar-refractivity contribution >= 4 is 23.9 Å². The molecule has 1 saturated carbocycles. The Labute approximate surface area is 334 Å². The zero-order valence-corrected chi connectivity index (χ0v) is 32.8. The molecule has 5 rings (SSSR count). The normalized spacial score (nSPS) is 14.3. The van der Waals surface area contributed by atoms with Gasteiger partial charge in [0.15, 0.2) is 0 Å². The van der Waals surface area contributed by atoms with Crippen molar-refractivity contribution in [2.75, 3.05) is 20.1 Å². The first kappa shape index (κ1) is 42.4. The standard InChI is InChI=1S/C45H53FN4O7/c1-31(57-40-19-11-10-17-36(40)18-12-26-47-45(54)56-30-35-15-8-5-9-16-35)28-48-41(37-22-23-37)43(52)50(3)32(2)42(51)49-39(27-33-20-24-38(46)25-21-33)44(53)55-29-34-13-6-4-7-14-34/h4-11,13-17,19-21,24-25,31-32,37,39,41,48H,12,18,22-23,26-30H2,1-3H3,(H,47,54)(H,49,51)/t31-,32-,39-,41+/m1/s1. The Kier molecular flexibility index (Phi) is 16.0. The van der Waals surface area contributed by atoms with Crippen LogP contribution in [-0.2, 0) is 49.9 Å². The lowest BCUT2D eigenvalue weighted by Gasteiger charge is -2.30. The Hall–Kier alpha value is -5.75. The maximum atomic E-state index is 13.9. The average Bonchev–Trinajstić information content (AvgIpc) is 4.07. The van der Waals surface area contributed by atoms with Crippen molar-refractivity contribution in [2.24, 2.45) is 5.92 Å². The molecular weight excluding hydrogens is 728 g/mol. The minimum absolute atomic E-state index is 0.0251. The van der Waals surface area contributed by atoms with E-state index in [1.54, 1.807) is 26.1 Å². The largest absolute Gasteiger partial charge is 0.489 e. The van der Waals surface area contributed by atoms with Crippen LogP contribution in [0.2, 0.25) is 0 Å². The van der Waals surface area contributed by atoms with E-state index in [9.17, 15) is 23.6 Å². The predicted octanol–water partition coefficient (Wildman–Crippen LogP) is 6.14. The van der Waals surface area contributed by atoms with Gasteiger partial charge in [-0.25, -0.2) is 14.0 Å². The van der Waals surface area contributed by atoms with Gasteiger partial charge < -0.3 is 35.1 Å². The Morgan fingerprint density at radius 1 is 0.789 bits per heavy atom. The van der Waals surface area contributed by atoms with Crippen molar-refractivity contribution in [3.63, 3.8) is 0 Å². The highest BCUT2D eigenvalue weighted by atomic mass is 19.1. The minimum atomic E-state index is -1.06. The molecule has 0 aliphatic heterocycles. The molecule has 4 atom stereocenters. The monoisotopic (exact) mass is 780 g/mol. The van der Waals surface area contributed by atoms with Crippen molar-refractivity contribution in [1.82, 2.24) is 20.9 Å². The van der Waals surface area contributed by atoms with Gasteiger partial charge in [0.1, 0.15) is 43.0 Å². The highest BCUT2D eigenvalue weighted by molar-refractivity contribution is 5.92. The summed E-state index contributed by atoms with van der Waals surface area (Å²) in [7, 11) is 1.58. The number of likely N-dealkylation sites (N-methyl/N-ethyl adjacent to an activating group) is 1. The van der Waals surface area contributed by atoms with E-state index in [2.05, 4.69) is 16.0 Å². The second-order valence-electron chi connectivity index (χ2n) is 14.5. The molecular formula is C45H53FN4O7. The first-order chi connectivity index (χ1) is 27.6. The molecule has 3 amide bonds. The highest BCUT2D eigenvalue weighted by Gasteiger charge is 2.39. The quantitative estimate of drug-likeness (QED) is 0.0679. The van der Waals surface area contributed by atoms with E-state index in [0.717, 1.165) is 35.3 Å². The van der Waals surface area contributed by atoms with E-state index in [-0.39, 0.29) is 37.6 Å². The number of hydrogen-bond acceptors (Lipinski definition) is 8. The molecule has 3 N–H and O–H groups in total. The molecule has 4 aromatic carbocycles. The third-order valence-electron chi connectivity index (χ3n) is 9.88. The number of nitrogens with one attached hydrogen (secondary N) is 3. The third kappa shape index (κ3) is 13.7. The van der Waals surface area contributed by atoms with Crippen molar-refractivity contribution in [3.05, 3.63) is 137 Å². The number of nitrogens with zero attached hydrogens (tertiary/aromatic N) is 1. The van der Waals surface area contributed by atoms with Gasteiger partial charge in [-0.05, 0) is 85.9 Å². The van der Waals surface area contributed by atoms with Gasteiger partial charge in [-0.15, -0.1) is 0 Å². The average molecular weight is 781 g/mol. The smallest absolute Gasteiger partial charge is 0.407 e. The van der Waals surface area contributed by atoms with Gasteiger partial charge in [0.25, 0.3) is 0 Å². The maximum Gasteiger partial charge on any atom is 0.407 e. The second-order valence-corrected chi connectivity index (χ2v) is 14.5. The minimum Gasteiger partial charge on any atom is -0.489 e. The van der Waals surface area contributed by atoms with Crippen LogP contribution in [0.15, 0.2) is 109 Å². The summed E-state index contributed by atoms with van der Waals surface area (Å²) >= 11 is 0. The molecule has 57 heavy (non-hydrogen) atoms. The molecule has 0 radical (unpaired) electrons. The van der Waals surface area contributed by atoms with Crippen molar-refractivity contribution in [1.29, 1.82) is 0 Å². The molecule has 0 saturated heterocycles. The molecule has 1 aliphatic carbocycles. The van der Waals surface area contributed by atoms with Gasteiger partial charge in [-0.1, -0.05) is 91.0 Å². The number of para-hydroxylation sites is 1. The van der Waals surface area contributed by atoms with E-state index in [0.29, 0.717) is 31.5 Å². The lowest BCUT2D eigenvalue weighted by molar-refractivity contribution is -0.150. The van der Waals surface area contributed by atoms with E-state index in [1.165, 1.54) is 17.0 Å². The first-order valence-electron chi connectivity index (χ1n) is 19.5. The number of ether oxygens (including phenoxy) is 3. The van der Waals surface area contributed by atoms with Gasteiger partial charge in [0.2, 0.25) is 11.8 Å². The first-order valence-corrected chi connectivity index (χ1v) is 19.5. The number of carbonyl (C=O) groups excluding carboxylic acids is 4. The van der Waals surface area contributed by atoms with Crippen LogP contribution in [0.4, 0.5) is 9.18 Å². The summed E-state index contributed by atoms with van der Waals surface area (Å²) in [6, 6.07) is 29.7. The number of esters is 1. The summed E-state index contributed by atoms with van der Waals surface area (Å²) in [5.74, 6) is -0.944. The van der Waals surface area contributed by atoms with Gasteiger partial charge >= 0.3 is 12.1 Å². The summed E-state index contributed by atoms with van der Waals surface area (Å²) in [6.07, 6.45) is 2.47. The maximum absolute atomic E-state index is 13.9. The van der Waals surface area contributed by atoms with Crippen LogP contribution < -0.4 is 20.7 Å². The Morgan fingerprint density at radius 2 is 1.40 bits per heavy atom. The fraction of sp³-hybridized carbons (Fsp3) is 0.378. The van der Waals surface area contributed by atoms with E-state index < -0.39 is 41.9 Å². The van der Waals surface area contributed by atoms with Crippen LogP contribution in [0.3, 0.4) is 0 Å². The summed E-state index contributed by atoms with van der Waals surface area (Å²) in [5.41, 5.74) is 3.35. The molecule has 12 heteroatoms. The van der Waals surface area contributed by atoms with Gasteiger partial charge in [0.05, 0.1) is 6.04 Å². The second kappa shape index (κ2) is 21.5. The number of carbonyl (C=O) groups is 4. The zero-order valence-electron chi connectivity index (χ0n) is 32.8. The molecule has 1 aliphatic rings. The molecule has 0 aromatic heterocycles. The highest BCUT2D eigenvalue weighted by Crippen LogP contribution is 2.34. The van der Waals surface area contributed by atoms with Crippen molar-refractivity contribution in [3.8, 4) is 5.75 Å². The molecule has 0 spiro atoms. The van der Waals surface area contributed by atoms with E-state index in [4.69, 9.17) is 14.2 Å². The predicted molar refractivity (Wildman–Crippen MR) is 215 cm³/mol. The molecule has 0 bridgehead atoms. The third-order valence-corrected chi connectivity index (χ3v) is 9.88. The number of benzene rings is 4. The van der Waals surface area contributed by atoms with Crippen molar-refractivity contribution in [2.45, 2.75) is 83.4 Å². The Morgan fingerprint density at radius 3 is 2.05 bits per heavy atom. The van der Waals surface area contributed by atoms with Crippen LogP contribution >= 0.6 is 0 Å². The molecule has 11 nitrogen and oxygen atoms in total. The van der Waals surface area contributed by atoms with Crippen LogP contribution in [-0.4, -0.2) is 73.1 Å². The van der Waals surface area contributed by atoms with Gasteiger partial charge in [0, 0.05) is 26.6 Å². The van der Waals surface area contributed by atoms with Crippen LogP contribution in [0, 0.1) is 11.7 Å². The van der Waals surface area contributed by atoms with E-state index >= 15 is 0 Å². The number of amides is 3. The molecule has 1 fully saturated rings. The molecule has 4 aromatic rings. The Balaban J connectivity index is 1.11. The molecule has 0 heterocycles. The lowest BCUT2D eigenvalue weighted by atomic mass is 10.0. The van der Waals surface area contributed by atoms with Crippen LogP contribution in [0.1, 0.15) is 55.4 Å². The Bertz CT molecular complexity index is 1890. The summed E-state index contributed by atoms with van der Waals surface area (Å²) in [4.78, 5) is 54.3. The summed E-state index contributed by atoms with van der Waals surface area (Å²) in [5, 5.41) is 8.98. The number of halogens is 1. The lowest BCUT2D eigenvalue weighted by Crippen LogP contribution is -2.56. The van der Waals surface area contributed by atoms with Crippen LogP contribution in [0.5, 0.6) is 5.75 Å².